The third-order valence-electron chi connectivity index (χ3n) is 5.23. The average molecular weight is 567 g/mol. The van der Waals surface area contributed by atoms with E-state index in [-0.39, 0.29) is 11.9 Å². The Morgan fingerprint density at radius 2 is 1.97 bits per heavy atom. The first-order valence-electron chi connectivity index (χ1n) is 10.2. The Balaban J connectivity index is 1.32. The van der Waals surface area contributed by atoms with Gasteiger partial charge in [-0.25, -0.2) is 9.27 Å². The number of hydroxylamine groups is 1. The molecule has 0 radical (unpaired) electrons. The molecule has 0 aliphatic carbocycles. The molecule has 2 heterocycles. The summed E-state index contributed by atoms with van der Waals surface area (Å²) in [6.45, 7) is 1.19. The molecule has 0 saturated carbocycles. The molecule has 172 valence electrons. The predicted molar refractivity (Wildman–Crippen MR) is 136 cm³/mol. The van der Waals surface area contributed by atoms with E-state index in [2.05, 4.69) is 26.4 Å². The smallest absolute Gasteiger partial charge is 0.253 e. The highest BCUT2D eigenvalue weighted by molar-refractivity contribution is 9.10. The molecule has 2 unspecified atom stereocenters. The number of pyridine rings is 1. The highest BCUT2D eigenvalue weighted by Gasteiger charge is 2.27. The largest absolute Gasteiger partial charge is 0.337 e. The van der Waals surface area contributed by atoms with Crippen LogP contribution < -0.4 is 5.48 Å². The molecule has 2 aromatic carbocycles. The fourth-order valence-corrected chi connectivity index (χ4v) is 5.27. The molecule has 1 aliphatic rings. The Kier molecular flexibility index (Phi) is 8.21. The van der Waals surface area contributed by atoms with Crippen molar-refractivity contribution in [2.24, 2.45) is 0 Å². The van der Waals surface area contributed by atoms with Crippen molar-refractivity contribution in [1.82, 2.24) is 15.4 Å². The number of rotatable bonds is 7. The van der Waals surface area contributed by atoms with Gasteiger partial charge in [0.25, 0.3) is 5.91 Å². The van der Waals surface area contributed by atoms with Gasteiger partial charge in [-0.2, -0.15) is 5.48 Å². The molecule has 1 fully saturated rings. The zero-order valence-electron chi connectivity index (χ0n) is 17.7. The van der Waals surface area contributed by atoms with Crippen LogP contribution in [0.15, 0.2) is 75.1 Å². The van der Waals surface area contributed by atoms with Gasteiger partial charge in [-0.3, -0.25) is 9.00 Å². The number of aromatic nitrogens is 1. The maximum Gasteiger partial charge on any atom is 0.253 e. The summed E-state index contributed by atoms with van der Waals surface area (Å²) in [5.41, 5.74) is 5.47. The predicted octanol–water partition coefficient (Wildman–Crippen LogP) is 5.34. The summed E-state index contributed by atoms with van der Waals surface area (Å²) in [7, 11) is -1.09. The van der Waals surface area contributed by atoms with Crippen LogP contribution in [0.5, 0.6) is 0 Å². The number of carbonyl (C=O) groups excluding carboxylic acids is 1. The second kappa shape index (κ2) is 11.1. The van der Waals surface area contributed by atoms with Crippen molar-refractivity contribution in [2.75, 3.05) is 19.3 Å². The summed E-state index contributed by atoms with van der Waals surface area (Å²) in [4.78, 5) is 19.7. The number of halogens is 2. The lowest BCUT2D eigenvalue weighted by molar-refractivity contribution is 0.0781. The number of nitrogens with one attached hydrogen (secondary N) is 1. The highest BCUT2D eigenvalue weighted by Crippen LogP contribution is 2.27. The molecule has 33 heavy (non-hydrogen) atoms. The van der Waals surface area contributed by atoms with Crippen molar-refractivity contribution in [1.29, 1.82) is 0 Å². The number of hydrogen-bond acceptors (Lipinski definition) is 6. The normalized spacial score (nSPS) is 16.7. The van der Waals surface area contributed by atoms with E-state index in [0.717, 1.165) is 39.0 Å². The van der Waals surface area contributed by atoms with Crippen LogP contribution in [0.4, 0.5) is 0 Å². The van der Waals surface area contributed by atoms with Gasteiger partial charge in [0.15, 0.2) is 0 Å². The van der Waals surface area contributed by atoms with Crippen molar-refractivity contribution in [3.8, 4) is 11.1 Å². The number of nitrogens with zero attached hydrogens (tertiary/aromatic N) is 2. The molecule has 6 nitrogen and oxygen atoms in total. The van der Waals surface area contributed by atoms with Crippen LogP contribution in [0.1, 0.15) is 16.8 Å². The molecule has 4 rings (SSSR count). The van der Waals surface area contributed by atoms with Crippen LogP contribution in [0, 0.1) is 0 Å². The minimum Gasteiger partial charge on any atom is -0.337 e. The summed E-state index contributed by atoms with van der Waals surface area (Å²) in [5, 5.41) is 1.01. The first kappa shape index (κ1) is 24.4. The van der Waals surface area contributed by atoms with Gasteiger partial charge in [0.05, 0.1) is 33.4 Å². The third-order valence-corrected chi connectivity index (χ3v) is 7.94. The Bertz CT molecular complexity index is 1180. The van der Waals surface area contributed by atoms with Crippen molar-refractivity contribution in [3.63, 3.8) is 0 Å². The standard InChI is InChI=1S/C23H21BrClN3O3S2/c1-33(30)20-5-3-2-4-18(20)15-6-8-16(9-7-15)23(29)28-13-12-17(14-28)27-31-32-21-11-10-19(24)22(25)26-21/h2-11,17,27H,12-14H2,1H3. The van der Waals surface area contributed by atoms with Crippen LogP contribution >= 0.6 is 39.6 Å². The lowest BCUT2D eigenvalue weighted by Crippen LogP contribution is -2.34. The zero-order valence-corrected chi connectivity index (χ0v) is 21.6. The van der Waals surface area contributed by atoms with Gasteiger partial charge in [0.1, 0.15) is 10.2 Å². The topological polar surface area (TPSA) is 71.5 Å². The summed E-state index contributed by atoms with van der Waals surface area (Å²) < 4.78 is 18.2. The number of carbonyl (C=O) groups is 1. The van der Waals surface area contributed by atoms with Gasteiger partial charge in [-0.1, -0.05) is 41.9 Å². The van der Waals surface area contributed by atoms with E-state index in [9.17, 15) is 9.00 Å². The number of amides is 1. The molecule has 2 atom stereocenters. The second-order valence-corrected chi connectivity index (χ2v) is 10.8. The molecule has 1 aromatic heterocycles. The molecule has 10 heteroatoms. The van der Waals surface area contributed by atoms with Crippen LogP contribution in [0.2, 0.25) is 5.15 Å². The quantitative estimate of drug-likeness (QED) is 0.236. The number of likely N-dealkylation sites (tertiary alicyclic amines) is 1. The Hall–Kier alpha value is -1.75. The molecular formula is C23H21BrClN3O3S2. The van der Waals surface area contributed by atoms with Crippen molar-refractivity contribution < 1.29 is 13.3 Å². The minimum atomic E-state index is -1.09. The molecule has 3 aromatic rings. The van der Waals surface area contributed by atoms with Gasteiger partial charge in [0.2, 0.25) is 0 Å². The van der Waals surface area contributed by atoms with E-state index in [1.165, 1.54) is 0 Å². The molecule has 0 spiro atoms. The van der Waals surface area contributed by atoms with E-state index in [1.54, 1.807) is 12.3 Å². The van der Waals surface area contributed by atoms with Gasteiger partial charge in [-0.15, -0.1) is 0 Å². The van der Waals surface area contributed by atoms with E-state index < -0.39 is 10.8 Å². The first-order chi connectivity index (χ1) is 15.9. The van der Waals surface area contributed by atoms with Crippen LogP contribution in [-0.2, 0) is 15.1 Å². The minimum absolute atomic E-state index is 0.0211. The molecular weight excluding hydrogens is 546 g/mol. The summed E-state index contributed by atoms with van der Waals surface area (Å²) in [6, 6.07) is 18.7. The Morgan fingerprint density at radius 1 is 1.21 bits per heavy atom. The molecule has 1 N–H and O–H groups in total. The Morgan fingerprint density at radius 3 is 2.70 bits per heavy atom. The summed E-state index contributed by atoms with van der Waals surface area (Å²) >= 11 is 10.4. The van der Waals surface area contributed by atoms with Crippen LogP contribution in [0.25, 0.3) is 11.1 Å². The number of benzene rings is 2. The summed E-state index contributed by atoms with van der Waals surface area (Å²) in [5.74, 6) is -0.0211. The zero-order chi connectivity index (χ0) is 23.4. The van der Waals surface area contributed by atoms with Crippen LogP contribution in [0.3, 0.4) is 0 Å². The second-order valence-electron chi connectivity index (χ2n) is 7.47. The monoisotopic (exact) mass is 565 g/mol. The first-order valence-corrected chi connectivity index (χ1v) is 13.6. The SMILES string of the molecule is CS(=O)c1ccccc1-c1ccc(C(=O)N2CCC(NOSc3ccc(Br)c(Cl)n3)C2)cc1. The van der Waals surface area contributed by atoms with Crippen molar-refractivity contribution in [3.05, 3.63) is 75.9 Å². The van der Waals surface area contributed by atoms with E-state index in [0.29, 0.717) is 28.8 Å². The molecule has 0 bridgehead atoms. The van der Waals surface area contributed by atoms with Gasteiger partial charge < -0.3 is 4.90 Å². The Labute approximate surface area is 212 Å². The van der Waals surface area contributed by atoms with E-state index >= 15 is 0 Å². The lowest BCUT2D eigenvalue weighted by atomic mass is 10.0. The lowest BCUT2D eigenvalue weighted by Gasteiger charge is -2.17. The van der Waals surface area contributed by atoms with Crippen molar-refractivity contribution in [2.45, 2.75) is 22.4 Å². The van der Waals surface area contributed by atoms with Crippen molar-refractivity contribution >= 4 is 56.3 Å². The number of hydrogen-bond donors (Lipinski definition) is 1. The van der Waals surface area contributed by atoms with Gasteiger partial charge >= 0.3 is 0 Å². The third kappa shape index (κ3) is 6.03. The maximum absolute atomic E-state index is 13.0. The van der Waals surface area contributed by atoms with E-state index in [4.69, 9.17) is 15.9 Å². The molecule has 1 aliphatic heterocycles. The fraction of sp³-hybridized carbons (Fsp3) is 0.217. The van der Waals surface area contributed by atoms with Crippen LogP contribution in [-0.4, -0.2) is 45.4 Å². The fourth-order valence-electron chi connectivity index (χ4n) is 3.55. The highest BCUT2D eigenvalue weighted by atomic mass is 79.9. The average Bonchev–Trinajstić information content (AvgIpc) is 3.30. The molecule has 1 saturated heterocycles. The molecule has 1 amide bonds. The summed E-state index contributed by atoms with van der Waals surface area (Å²) in [6.07, 6.45) is 2.45. The van der Waals surface area contributed by atoms with Gasteiger partial charge in [0, 0.05) is 29.8 Å². The maximum atomic E-state index is 13.0. The van der Waals surface area contributed by atoms with Gasteiger partial charge in [-0.05, 0) is 63.8 Å². The van der Waals surface area contributed by atoms with E-state index in [1.807, 2.05) is 59.5 Å².